The van der Waals surface area contributed by atoms with E-state index < -0.39 is 0 Å². The minimum Gasteiger partial charge on any atom is -0.363 e. The molecule has 16 heavy (non-hydrogen) atoms. The highest BCUT2D eigenvalue weighted by Crippen LogP contribution is 2.16. The molecule has 1 amide bonds. The van der Waals surface area contributed by atoms with E-state index in [4.69, 9.17) is 4.74 Å². The third-order valence-electron chi connectivity index (χ3n) is 2.41. The summed E-state index contributed by atoms with van der Waals surface area (Å²) < 4.78 is 5.51. The molecule has 0 bridgehead atoms. The lowest BCUT2D eigenvalue weighted by Crippen LogP contribution is -2.59. The van der Waals surface area contributed by atoms with E-state index >= 15 is 0 Å². The molecule has 2 rings (SSSR count). The van der Waals surface area contributed by atoms with Crippen LogP contribution in [0.15, 0.2) is 5.38 Å². The van der Waals surface area contributed by atoms with E-state index in [1.807, 2.05) is 19.2 Å². The number of aryl methyl sites for hydroxylation is 1. The molecule has 0 unspecified atom stereocenters. The Labute approximate surface area is 98.2 Å². The average molecular weight is 241 g/mol. The molecule has 1 aromatic heterocycles. The monoisotopic (exact) mass is 241 g/mol. The van der Waals surface area contributed by atoms with Gasteiger partial charge in [-0.2, -0.15) is 0 Å². The van der Waals surface area contributed by atoms with Gasteiger partial charge in [0.05, 0.1) is 11.3 Å². The molecule has 1 fully saturated rings. The predicted octanol–water partition coefficient (Wildman–Crippen LogP) is 0.769. The molecule has 0 spiro atoms. The topological polar surface area (TPSA) is 63.2 Å². The van der Waals surface area contributed by atoms with Gasteiger partial charge in [0.25, 0.3) is 5.91 Å². The van der Waals surface area contributed by atoms with Crippen LogP contribution in [0.5, 0.6) is 0 Å². The summed E-state index contributed by atoms with van der Waals surface area (Å²) in [7, 11) is 0. The largest absolute Gasteiger partial charge is 0.363 e. The summed E-state index contributed by atoms with van der Waals surface area (Å²) in [5.74, 6) is -0.150. The second-order valence-electron chi connectivity index (χ2n) is 4.18. The zero-order valence-electron chi connectivity index (χ0n) is 9.37. The van der Waals surface area contributed by atoms with Gasteiger partial charge >= 0.3 is 0 Å². The fourth-order valence-corrected chi connectivity index (χ4v) is 2.09. The van der Waals surface area contributed by atoms with E-state index in [1.165, 1.54) is 11.3 Å². The van der Waals surface area contributed by atoms with Crippen LogP contribution in [0, 0.1) is 6.92 Å². The van der Waals surface area contributed by atoms with E-state index in [2.05, 4.69) is 15.6 Å². The summed E-state index contributed by atoms with van der Waals surface area (Å²) in [4.78, 5) is 15.7. The van der Waals surface area contributed by atoms with Gasteiger partial charge in [0.1, 0.15) is 6.61 Å². The number of aromatic nitrogens is 1. The van der Waals surface area contributed by atoms with Gasteiger partial charge in [0.2, 0.25) is 0 Å². The molecule has 0 saturated carbocycles. The second kappa shape index (κ2) is 4.48. The Balaban J connectivity index is 1.76. The first kappa shape index (κ1) is 11.5. The van der Waals surface area contributed by atoms with Gasteiger partial charge in [0.15, 0.2) is 5.13 Å². The molecule has 88 valence electrons. The van der Waals surface area contributed by atoms with Crippen LogP contribution in [0.1, 0.15) is 12.6 Å². The minimum absolute atomic E-state index is 0.0802. The number of carbonyl (C=O) groups excluding carboxylic acids is 1. The van der Waals surface area contributed by atoms with Gasteiger partial charge in [-0.05, 0) is 13.8 Å². The number of amides is 1. The van der Waals surface area contributed by atoms with E-state index in [9.17, 15) is 4.79 Å². The molecule has 0 aliphatic carbocycles. The SMILES string of the molecule is Cc1csc(NC(=O)COC2(C)CNC2)n1. The molecule has 6 heteroatoms. The summed E-state index contributed by atoms with van der Waals surface area (Å²) in [5.41, 5.74) is 0.729. The van der Waals surface area contributed by atoms with Gasteiger partial charge in [-0.15, -0.1) is 11.3 Å². The zero-order valence-corrected chi connectivity index (χ0v) is 10.2. The number of nitrogens with one attached hydrogen (secondary N) is 2. The molecule has 1 saturated heterocycles. The first-order chi connectivity index (χ1) is 7.57. The highest BCUT2D eigenvalue weighted by molar-refractivity contribution is 7.13. The maximum atomic E-state index is 11.5. The van der Waals surface area contributed by atoms with Crippen LogP contribution in [0.3, 0.4) is 0 Å². The lowest BCUT2D eigenvalue weighted by Gasteiger charge is -2.38. The number of anilines is 1. The number of carbonyl (C=O) groups is 1. The van der Waals surface area contributed by atoms with Crippen LogP contribution < -0.4 is 10.6 Å². The number of hydrogen-bond donors (Lipinski definition) is 2. The van der Waals surface area contributed by atoms with Gasteiger partial charge in [0, 0.05) is 18.5 Å². The Morgan fingerprint density at radius 1 is 1.75 bits per heavy atom. The Morgan fingerprint density at radius 3 is 3.00 bits per heavy atom. The van der Waals surface area contributed by atoms with Crippen LogP contribution in [0.2, 0.25) is 0 Å². The quantitative estimate of drug-likeness (QED) is 0.817. The molecule has 0 radical (unpaired) electrons. The summed E-state index contributed by atoms with van der Waals surface area (Å²) >= 11 is 1.42. The van der Waals surface area contributed by atoms with Crippen molar-refractivity contribution in [1.29, 1.82) is 0 Å². The third-order valence-corrected chi connectivity index (χ3v) is 3.29. The Bertz CT molecular complexity index is 387. The smallest absolute Gasteiger partial charge is 0.252 e. The van der Waals surface area contributed by atoms with Crippen molar-refractivity contribution in [3.05, 3.63) is 11.1 Å². The Morgan fingerprint density at radius 2 is 2.50 bits per heavy atom. The van der Waals surface area contributed by atoms with Gasteiger partial charge in [-0.1, -0.05) is 0 Å². The van der Waals surface area contributed by atoms with Crippen molar-refractivity contribution in [1.82, 2.24) is 10.3 Å². The van der Waals surface area contributed by atoms with Crippen molar-refractivity contribution in [2.75, 3.05) is 25.0 Å². The maximum absolute atomic E-state index is 11.5. The number of hydrogen-bond acceptors (Lipinski definition) is 5. The van der Waals surface area contributed by atoms with Crippen molar-refractivity contribution in [2.45, 2.75) is 19.4 Å². The summed E-state index contributed by atoms with van der Waals surface area (Å²) in [6.07, 6.45) is 0. The molecule has 5 nitrogen and oxygen atoms in total. The van der Waals surface area contributed by atoms with Crippen molar-refractivity contribution < 1.29 is 9.53 Å². The van der Waals surface area contributed by atoms with Crippen molar-refractivity contribution >= 4 is 22.4 Å². The van der Waals surface area contributed by atoms with E-state index in [-0.39, 0.29) is 18.1 Å². The maximum Gasteiger partial charge on any atom is 0.252 e. The average Bonchev–Trinajstić information content (AvgIpc) is 2.58. The first-order valence-electron chi connectivity index (χ1n) is 5.14. The zero-order chi connectivity index (χ0) is 11.6. The van der Waals surface area contributed by atoms with E-state index in [1.54, 1.807) is 0 Å². The van der Waals surface area contributed by atoms with Gasteiger partial charge in [-0.25, -0.2) is 4.98 Å². The van der Waals surface area contributed by atoms with Crippen molar-refractivity contribution in [3.8, 4) is 0 Å². The van der Waals surface area contributed by atoms with Crippen LogP contribution in [0.25, 0.3) is 0 Å². The summed E-state index contributed by atoms with van der Waals surface area (Å²) in [5, 5.41) is 8.34. The second-order valence-corrected chi connectivity index (χ2v) is 5.04. The molecule has 0 aromatic carbocycles. The molecular formula is C10H15N3O2S. The van der Waals surface area contributed by atoms with Crippen LogP contribution >= 0.6 is 11.3 Å². The predicted molar refractivity (Wildman–Crippen MR) is 62.7 cm³/mol. The summed E-state index contributed by atoms with van der Waals surface area (Å²) in [6, 6.07) is 0. The first-order valence-corrected chi connectivity index (χ1v) is 6.02. The van der Waals surface area contributed by atoms with Gasteiger partial charge < -0.3 is 10.1 Å². The molecule has 1 aromatic rings. The van der Waals surface area contributed by atoms with Crippen molar-refractivity contribution in [2.24, 2.45) is 0 Å². The lowest BCUT2D eigenvalue weighted by molar-refractivity contribution is -0.130. The number of rotatable bonds is 4. The highest BCUT2D eigenvalue weighted by Gasteiger charge is 2.33. The fraction of sp³-hybridized carbons (Fsp3) is 0.600. The van der Waals surface area contributed by atoms with Crippen LogP contribution in [-0.4, -0.2) is 36.2 Å². The molecule has 1 aliphatic heterocycles. The van der Waals surface area contributed by atoms with Crippen LogP contribution in [-0.2, 0) is 9.53 Å². The molecule has 1 aliphatic rings. The standard InChI is InChI=1S/C10H15N3O2S/c1-7-4-16-9(12-7)13-8(14)3-15-10(2)5-11-6-10/h4,11H,3,5-6H2,1-2H3,(H,12,13,14). The lowest BCUT2D eigenvalue weighted by atomic mass is 10.0. The summed E-state index contributed by atoms with van der Waals surface area (Å²) in [6.45, 7) is 5.57. The normalized spacial score (nSPS) is 17.9. The molecule has 2 heterocycles. The number of nitrogens with zero attached hydrogens (tertiary/aromatic N) is 1. The Hall–Kier alpha value is -0.980. The van der Waals surface area contributed by atoms with Crippen molar-refractivity contribution in [3.63, 3.8) is 0 Å². The van der Waals surface area contributed by atoms with E-state index in [0.717, 1.165) is 18.8 Å². The molecule has 0 atom stereocenters. The minimum atomic E-state index is -0.184. The van der Waals surface area contributed by atoms with E-state index in [0.29, 0.717) is 5.13 Å². The van der Waals surface area contributed by atoms with Gasteiger partial charge in [-0.3, -0.25) is 10.1 Å². The number of thiazole rings is 1. The number of ether oxygens (including phenoxy) is 1. The Kier molecular flexibility index (Phi) is 3.22. The third kappa shape index (κ3) is 2.78. The fourth-order valence-electron chi connectivity index (χ4n) is 1.39. The van der Waals surface area contributed by atoms with Crippen LogP contribution in [0.4, 0.5) is 5.13 Å². The highest BCUT2D eigenvalue weighted by atomic mass is 32.1. The molecule has 2 N–H and O–H groups in total. The molecular weight excluding hydrogens is 226 g/mol.